The molecule has 2 amide bonds. The second-order valence-electron chi connectivity index (χ2n) is 16.7. The van der Waals surface area contributed by atoms with Crippen LogP contribution in [0.2, 0.25) is 0 Å². The summed E-state index contributed by atoms with van der Waals surface area (Å²) in [6.07, 6.45) is 15.6. The molecule has 1 aromatic carbocycles. The van der Waals surface area contributed by atoms with Crippen LogP contribution in [0.15, 0.2) is 47.2 Å². The predicted molar refractivity (Wildman–Crippen MR) is 193 cm³/mol. The first kappa shape index (κ1) is 34.6. The van der Waals surface area contributed by atoms with Gasteiger partial charge >= 0.3 is 6.09 Å². The number of aromatic nitrogens is 2. The second-order valence-corrected chi connectivity index (χ2v) is 16.7. The Morgan fingerprint density at radius 3 is 2.30 bits per heavy atom. The first-order valence-corrected chi connectivity index (χ1v) is 18.8. The number of benzene rings is 1. The highest BCUT2D eigenvalue weighted by Crippen LogP contribution is 2.58. The highest BCUT2D eigenvalue weighted by Gasteiger charge is 2.51. The van der Waals surface area contributed by atoms with Gasteiger partial charge in [-0.3, -0.25) is 9.69 Å². The molecule has 0 spiro atoms. The van der Waals surface area contributed by atoms with E-state index in [-0.39, 0.29) is 46.3 Å². The maximum absolute atomic E-state index is 14.6. The van der Waals surface area contributed by atoms with E-state index in [0.29, 0.717) is 43.9 Å². The van der Waals surface area contributed by atoms with Crippen LogP contribution < -0.4 is 15.0 Å². The summed E-state index contributed by atoms with van der Waals surface area (Å²) in [6, 6.07) is 10.9. The van der Waals surface area contributed by atoms with Crippen molar-refractivity contribution in [1.82, 2.24) is 15.3 Å². The number of hydrogen-bond acceptors (Lipinski definition) is 7. The molecule has 9 heteroatoms. The van der Waals surface area contributed by atoms with Gasteiger partial charge in [0.1, 0.15) is 29.6 Å². The molecular formula is C41H54N4O5. The zero-order valence-electron chi connectivity index (χ0n) is 30.6. The van der Waals surface area contributed by atoms with Crippen LogP contribution in [0.25, 0.3) is 11.3 Å². The number of nitrogens with one attached hydrogen (secondary N) is 1. The molecule has 2 aromatic heterocycles. The van der Waals surface area contributed by atoms with Gasteiger partial charge in [-0.15, -0.1) is 0 Å². The van der Waals surface area contributed by atoms with Gasteiger partial charge in [0.05, 0.1) is 7.11 Å². The van der Waals surface area contributed by atoms with Gasteiger partial charge in [0.15, 0.2) is 5.89 Å². The first-order chi connectivity index (χ1) is 24.0. The van der Waals surface area contributed by atoms with Gasteiger partial charge in [0.25, 0.3) is 0 Å². The van der Waals surface area contributed by atoms with Crippen LogP contribution in [0.4, 0.5) is 10.6 Å². The summed E-state index contributed by atoms with van der Waals surface area (Å²) >= 11 is 0. The molecule has 5 aliphatic rings. The maximum atomic E-state index is 14.6. The fraction of sp³-hybridized carbons (Fsp3) is 0.610. The minimum absolute atomic E-state index is 0.0455. The van der Waals surface area contributed by atoms with Crippen LogP contribution in [-0.2, 0) is 20.4 Å². The number of oxazole rings is 1. The fourth-order valence-corrected chi connectivity index (χ4v) is 8.78. The first-order valence-electron chi connectivity index (χ1n) is 18.8. The molecule has 0 unspecified atom stereocenters. The summed E-state index contributed by atoms with van der Waals surface area (Å²) in [6.45, 7) is 9.04. The Morgan fingerprint density at radius 2 is 1.70 bits per heavy atom. The number of alkyl carbamates (subject to hydrolysis) is 1. The van der Waals surface area contributed by atoms with Gasteiger partial charge in [0.2, 0.25) is 5.91 Å². The molecule has 9 nitrogen and oxygen atoms in total. The number of amides is 2. The molecule has 2 heterocycles. The zero-order valence-corrected chi connectivity index (χ0v) is 30.6. The number of ether oxygens (including phenoxy) is 2. The number of rotatable bonds is 9. The number of aryl methyl sites for hydroxylation is 1. The monoisotopic (exact) mass is 682 g/mol. The minimum atomic E-state index is -0.316. The van der Waals surface area contributed by atoms with Crippen molar-refractivity contribution in [3.63, 3.8) is 0 Å². The minimum Gasteiger partial charge on any atom is -0.496 e. The molecule has 0 aliphatic heterocycles. The van der Waals surface area contributed by atoms with Gasteiger partial charge in [-0.1, -0.05) is 32.9 Å². The number of pyridine rings is 1. The van der Waals surface area contributed by atoms with Crippen molar-refractivity contribution in [3.05, 3.63) is 59.8 Å². The topological polar surface area (TPSA) is 107 Å². The molecule has 2 bridgehead atoms. The lowest BCUT2D eigenvalue weighted by molar-refractivity contribution is -0.124. The average Bonchev–Trinajstić information content (AvgIpc) is 3.62. The summed E-state index contributed by atoms with van der Waals surface area (Å²) in [5.41, 5.74) is 4.27. The van der Waals surface area contributed by atoms with Crippen LogP contribution in [-0.4, -0.2) is 47.8 Å². The third kappa shape index (κ3) is 7.02. The van der Waals surface area contributed by atoms with E-state index in [1.165, 1.54) is 11.1 Å². The lowest BCUT2D eigenvalue weighted by Crippen LogP contribution is -2.52. The summed E-state index contributed by atoms with van der Waals surface area (Å²) in [7, 11) is 1.73. The predicted octanol–water partition coefficient (Wildman–Crippen LogP) is 8.81. The third-order valence-corrected chi connectivity index (χ3v) is 12.4. The Hall–Kier alpha value is -3.88. The molecule has 268 valence electrons. The molecule has 5 aliphatic carbocycles. The summed E-state index contributed by atoms with van der Waals surface area (Å²) in [4.78, 5) is 38.7. The van der Waals surface area contributed by atoms with E-state index in [2.05, 4.69) is 51.2 Å². The van der Waals surface area contributed by atoms with Crippen molar-refractivity contribution in [2.75, 3.05) is 18.6 Å². The fourth-order valence-electron chi connectivity index (χ4n) is 8.78. The van der Waals surface area contributed by atoms with Crippen molar-refractivity contribution in [2.24, 2.45) is 11.3 Å². The third-order valence-electron chi connectivity index (χ3n) is 12.4. The summed E-state index contributed by atoms with van der Waals surface area (Å²) in [5.74, 6) is 2.28. The standard InChI is InChI=1S/C41H54N4O5/c1-27-23-30(11-14-34(27)48-5)41-19-16-40(17-20-41,18-21-41)26-45(35-24-29(15-22-42-35)33-25-49-37(44-33)39(2,3)4)36(46)28-9-12-32(13-10-28)50-38(47)43-31-7-6-8-31/h11,14-15,22-25,28,31-32H,6-10,12-13,16-21,26H2,1-5H3,(H,43,47)/t28-,32-,40?,41?. The average molecular weight is 683 g/mol. The van der Waals surface area contributed by atoms with Gasteiger partial charge in [0, 0.05) is 35.7 Å². The molecular weight excluding hydrogens is 628 g/mol. The number of hydrogen-bond donors (Lipinski definition) is 1. The second kappa shape index (κ2) is 13.7. The van der Waals surface area contributed by atoms with Crippen molar-refractivity contribution in [1.29, 1.82) is 0 Å². The SMILES string of the molecule is COc1ccc(C23CCC(CN(c4cc(-c5coc(C(C)(C)C)n5)ccn4)C(=O)[C@H]4CC[C@H](OC(=O)NC5CCC5)CC4)(CC2)CC3)cc1C. The number of methoxy groups -OCH3 is 1. The largest absolute Gasteiger partial charge is 0.496 e. The van der Waals surface area contributed by atoms with Crippen molar-refractivity contribution < 1.29 is 23.5 Å². The van der Waals surface area contributed by atoms with Crippen molar-refractivity contribution in [3.8, 4) is 17.0 Å². The molecule has 3 aromatic rings. The quantitative estimate of drug-likeness (QED) is 0.240. The lowest BCUT2D eigenvalue weighted by atomic mass is 9.51. The van der Waals surface area contributed by atoms with E-state index < -0.39 is 0 Å². The van der Waals surface area contributed by atoms with Crippen LogP contribution in [0.5, 0.6) is 5.75 Å². The highest BCUT2D eigenvalue weighted by molar-refractivity contribution is 5.95. The molecule has 0 atom stereocenters. The summed E-state index contributed by atoms with van der Waals surface area (Å²) in [5, 5.41) is 2.98. The van der Waals surface area contributed by atoms with E-state index in [0.717, 1.165) is 74.8 Å². The number of anilines is 1. The molecule has 0 radical (unpaired) electrons. The van der Waals surface area contributed by atoms with Crippen LogP contribution >= 0.6 is 0 Å². The number of carbonyl (C=O) groups excluding carboxylic acids is 2. The molecule has 8 rings (SSSR count). The van der Waals surface area contributed by atoms with E-state index in [1.807, 2.05) is 17.0 Å². The number of nitrogens with zero attached hydrogens (tertiary/aromatic N) is 3. The smallest absolute Gasteiger partial charge is 0.407 e. The Morgan fingerprint density at radius 1 is 0.980 bits per heavy atom. The molecule has 1 N–H and O–H groups in total. The maximum Gasteiger partial charge on any atom is 0.407 e. The van der Waals surface area contributed by atoms with E-state index in [9.17, 15) is 9.59 Å². The van der Waals surface area contributed by atoms with Crippen LogP contribution in [0.1, 0.15) is 121 Å². The van der Waals surface area contributed by atoms with Crippen LogP contribution in [0.3, 0.4) is 0 Å². The zero-order chi connectivity index (χ0) is 35.1. The molecule has 50 heavy (non-hydrogen) atoms. The van der Waals surface area contributed by atoms with Crippen molar-refractivity contribution >= 4 is 17.8 Å². The van der Waals surface area contributed by atoms with Crippen LogP contribution in [0, 0.1) is 18.3 Å². The molecule has 5 fully saturated rings. The van der Waals surface area contributed by atoms with Crippen molar-refractivity contribution in [2.45, 2.75) is 134 Å². The Kier molecular flexibility index (Phi) is 9.46. The Labute approximate surface area is 296 Å². The number of carbonyl (C=O) groups is 2. The molecule has 5 saturated carbocycles. The Balaban J connectivity index is 1.10. The Bertz CT molecular complexity index is 1670. The van der Waals surface area contributed by atoms with Gasteiger partial charge < -0.3 is 19.2 Å². The van der Waals surface area contributed by atoms with Gasteiger partial charge in [-0.05, 0) is 131 Å². The number of fused-ring (bicyclic) bond motifs is 3. The molecule has 0 saturated heterocycles. The van der Waals surface area contributed by atoms with Gasteiger partial charge in [-0.25, -0.2) is 14.8 Å². The van der Waals surface area contributed by atoms with E-state index >= 15 is 0 Å². The summed E-state index contributed by atoms with van der Waals surface area (Å²) < 4.78 is 17.2. The highest BCUT2D eigenvalue weighted by atomic mass is 16.6. The van der Waals surface area contributed by atoms with E-state index in [1.54, 1.807) is 19.6 Å². The van der Waals surface area contributed by atoms with Gasteiger partial charge in [-0.2, -0.15) is 0 Å². The van der Waals surface area contributed by atoms with E-state index in [4.69, 9.17) is 23.9 Å². The lowest BCUT2D eigenvalue weighted by Gasteiger charge is -2.55. The normalized spacial score (nSPS) is 26.6.